The van der Waals surface area contributed by atoms with Crippen LogP contribution in [0.3, 0.4) is 0 Å². The number of nitrogens with zero attached hydrogens (tertiary/aromatic N) is 3. The van der Waals surface area contributed by atoms with Crippen LogP contribution in [0.2, 0.25) is 0 Å². The molecule has 158 valence electrons. The van der Waals surface area contributed by atoms with Crippen molar-refractivity contribution in [2.24, 2.45) is 5.92 Å². The Morgan fingerprint density at radius 2 is 2.10 bits per heavy atom. The quantitative estimate of drug-likeness (QED) is 0.660. The first kappa shape index (κ1) is 21.3. The molecule has 1 aromatic carbocycles. The van der Waals surface area contributed by atoms with E-state index in [9.17, 15) is 17.6 Å². The van der Waals surface area contributed by atoms with Crippen LogP contribution in [0, 0.1) is 11.7 Å². The second-order valence-corrected chi connectivity index (χ2v) is 8.97. The van der Waals surface area contributed by atoms with Crippen molar-refractivity contribution >= 4 is 16.0 Å². The van der Waals surface area contributed by atoms with Crippen LogP contribution in [-0.4, -0.2) is 55.8 Å². The zero-order valence-electron chi connectivity index (χ0n) is 16.6. The smallest absolute Gasteiger partial charge is 0.342 e. The van der Waals surface area contributed by atoms with Gasteiger partial charge >= 0.3 is 5.97 Å². The van der Waals surface area contributed by atoms with Crippen LogP contribution in [0.1, 0.15) is 35.7 Å². The summed E-state index contributed by atoms with van der Waals surface area (Å²) in [4.78, 5) is 12.2. The Hall–Kier alpha value is -2.46. The summed E-state index contributed by atoms with van der Waals surface area (Å²) in [5, 5.41) is 3.81. The average molecular weight is 425 g/mol. The molecule has 1 aliphatic heterocycles. The minimum atomic E-state index is -3.96. The molecule has 1 fully saturated rings. The maximum absolute atomic E-state index is 14.0. The Labute approximate surface area is 169 Å². The molecular formula is C19H24FN3O5S. The molecular weight excluding hydrogens is 401 g/mol. The molecule has 0 radical (unpaired) electrons. The number of halogens is 1. The van der Waals surface area contributed by atoms with E-state index in [4.69, 9.17) is 9.47 Å². The first-order valence-electron chi connectivity index (χ1n) is 9.24. The Morgan fingerprint density at radius 3 is 2.72 bits per heavy atom. The van der Waals surface area contributed by atoms with Crippen molar-refractivity contribution in [3.05, 3.63) is 41.3 Å². The maximum Gasteiger partial charge on any atom is 0.342 e. The van der Waals surface area contributed by atoms with E-state index in [-0.39, 0.29) is 28.8 Å². The van der Waals surface area contributed by atoms with Gasteiger partial charge in [-0.25, -0.2) is 17.6 Å². The molecule has 0 saturated carbocycles. The SMILES string of the molecule is COC(=O)c1cn(Cc2ccc(OC)c(F)c2)nc1S(=O)(=O)N1CCC[C@@H](C)C1. The highest BCUT2D eigenvalue weighted by molar-refractivity contribution is 7.89. The normalized spacial score (nSPS) is 17.9. The molecule has 3 rings (SSSR count). The number of carbonyl (C=O) groups excluding carboxylic acids is 1. The van der Waals surface area contributed by atoms with Gasteiger partial charge in [0.1, 0.15) is 5.56 Å². The van der Waals surface area contributed by atoms with E-state index in [1.807, 2.05) is 6.92 Å². The number of piperidine rings is 1. The minimum absolute atomic E-state index is 0.0802. The molecule has 1 aliphatic rings. The maximum atomic E-state index is 14.0. The van der Waals surface area contributed by atoms with Crippen LogP contribution in [0.5, 0.6) is 5.75 Å². The minimum Gasteiger partial charge on any atom is -0.494 e. The number of esters is 1. The number of rotatable bonds is 6. The number of carbonyl (C=O) groups is 1. The van der Waals surface area contributed by atoms with Gasteiger partial charge in [-0.2, -0.15) is 9.40 Å². The van der Waals surface area contributed by atoms with Crippen LogP contribution in [0.15, 0.2) is 29.4 Å². The largest absolute Gasteiger partial charge is 0.494 e. The molecule has 1 saturated heterocycles. The van der Waals surface area contributed by atoms with Crippen molar-refractivity contribution in [1.29, 1.82) is 0 Å². The van der Waals surface area contributed by atoms with E-state index in [1.54, 1.807) is 6.07 Å². The summed E-state index contributed by atoms with van der Waals surface area (Å²) < 4.78 is 52.5. The van der Waals surface area contributed by atoms with Gasteiger partial charge < -0.3 is 9.47 Å². The zero-order valence-corrected chi connectivity index (χ0v) is 17.4. The molecule has 1 atom stereocenters. The second-order valence-electron chi connectivity index (χ2n) is 7.12. The number of aromatic nitrogens is 2. The lowest BCUT2D eigenvalue weighted by Gasteiger charge is -2.29. The first-order valence-corrected chi connectivity index (χ1v) is 10.7. The number of hydrogen-bond donors (Lipinski definition) is 0. The molecule has 2 heterocycles. The number of benzene rings is 1. The molecule has 1 aromatic heterocycles. The molecule has 0 spiro atoms. The van der Waals surface area contributed by atoms with E-state index in [2.05, 4.69) is 5.10 Å². The highest BCUT2D eigenvalue weighted by Crippen LogP contribution is 2.26. The number of hydrogen-bond acceptors (Lipinski definition) is 6. The van der Waals surface area contributed by atoms with Gasteiger partial charge in [-0.05, 0) is 36.5 Å². The molecule has 0 amide bonds. The summed E-state index contributed by atoms with van der Waals surface area (Å²) in [5.41, 5.74) is 0.400. The van der Waals surface area contributed by atoms with Crippen LogP contribution in [0.25, 0.3) is 0 Å². The summed E-state index contributed by atoms with van der Waals surface area (Å²) in [5.74, 6) is -1.00. The van der Waals surface area contributed by atoms with E-state index in [0.717, 1.165) is 12.8 Å². The van der Waals surface area contributed by atoms with Gasteiger partial charge in [-0.15, -0.1) is 0 Å². The molecule has 8 nitrogen and oxygen atoms in total. The van der Waals surface area contributed by atoms with Crippen LogP contribution >= 0.6 is 0 Å². The highest BCUT2D eigenvalue weighted by Gasteiger charge is 2.35. The lowest BCUT2D eigenvalue weighted by molar-refractivity contribution is 0.0596. The third-order valence-corrected chi connectivity index (χ3v) is 6.70. The van der Waals surface area contributed by atoms with Gasteiger partial charge in [0.25, 0.3) is 10.0 Å². The zero-order chi connectivity index (χ0) is 21.2. The first-order chi connectivity index (χ1) is 13.8. The summed E-state index contributed by atoms with van der Waals surface area (Å²) in [6.45, 7) is 2.82. The van der Waals surface area contributed by atoms with E-state index >= 15 is 0 Å². The van der Waals surface area contributed by atoms with Crippen molar-refractivity contribution in [2.75, 3.05) is 27.3 Å². The van der Waals surface area contributed by atoms with Crippen molar-refractivity contribution in [1.82, 2.24) is 14.1 Å². The van der Waals surface area contributed by atoms with Crippen LogP contribution in [-0.2, 0) is 21.3 Å². The van der Waals surface area contributed by atoms with E-state index in [1.165, 1.54) is 41.5 Å². The third kappa shape index (κ3) is 4.43. The Bertz CT molecular complexity index is 1010. The topological polar surface area (TPSA) is 90.7 Å². The Kier molecular flexibility index (Phi) is 6.23. The van der Waals surface area contributed by atoms with Gasteiger partial charge in [0, 0.05) is 19.3 Å². The molecule has 0 unspecified atom stereocenters. The van der Waals surface area contributed by atoms with Gasteiger partial charge in [-0.3, -0.25) is 4.68 Å². The number of ether oxygens (including phenoxy) is 2. The second kappa shape index (κ2) is 8.50. The summed E-state index contributed by atoms with van der Waals surface area (Å²) in [6.07, 6.45) is 3.02. The fourth-order valence-electron chi connectivity index (χ4n) is 3.41. The summed E-state index contributed by atoms with van der Waals surface area (Å²) in [6, 6.07) is 4.39. The van der Waals surface area contributed by atoms with Gasteiger partial charge in [-0.1, -0.05) is 13.0 Å². The molecule has 0 bridgehead atoms. The Morgan fingerprint density at radius 1 is 1.34 bits per heavy atom. The van der Waals surface area contributed by atoms with Gasteiger partial charge in [0.05, 0.1) is 20.8 Å². The molecule has 0 N–H and O–H groups in total. The lowest BCUT2D eigenvalue weighted by atomic mass is 10.0. The predicted octanol–water partition coefficient (Wildman–Crippen LogP) is 2.29. The average Bonchev–Trinajstić information content (AvgIpc) is 3.12. The lowest BCUT2D eigenvalue weighted by Crippen LogP contribution is -2.39. The van der Waals surface area contributed by atoms with E-state index in [0.29, 0.717) is 18.7 Å². The van der Waals surface area contributed by atoms with Crippen LogP contribution in [0.4, 0.5) is 4.39 Å². The van der Waals surface area contributed by atoms with Crippen molar-refractivity contribution in [3.63, 3.8) is 0 Å². The standard InChI is InChI=1S/C19H24FN3O5S/c1-13-5-4-8-23(10-13)29(25,26)18-15(19(24)28-3)12-22(21-18)11-14-6-7-17(27-2)16(20)9-14/h6-7,9,12-13H,4-5,8,10-11H2,1-3H3/t13-/m1/s1. The molecule has 29 heavy (non-hydrogen) atoms. The molecule has 2 aromatic rings. The van der Waals surface area contributed by atoms with E-state index < -0.39 is 21.8 Å². The number of sulfonamides is 1. The highest BCUT2D eigenvalue weighted by atomic mass is 32.2. The molecule has 10 heteroatoms. The fraction of sp³-hybridized carbons (Fsp3) is 0.474. The van der Waals surface area contributed by atoms with Gasteiger partial charge in [0.2, 0.25) is 5.03 Å². The van der Waals surface area contributed by atoms with Crippen molar-refractivity contribution < 1.29 is 27.1 Å². The fourth-order valence-corrected chi connectivity index (χ4v) is 5.09. The number of methoxy groups -OCH3 is 2. The summed E-state index contributed by atoms with van der Waals surface area (Å²) in [7, 11) is -1.42. The third-order valence-electron chi connectivity index (χ3n) is 4.90. The molecule has 0 aliphatic carbocycles. The van der Waals surface area contributed by atoms with Crippen molar-refractivity contribution in [2.45, 2.75) is 31.3 Å². The predicted molar refractivity (Wildman–Crippen MR) is 103 cm³/mol. The summed E-state index contributed by atoms with van der Waals surface area (Å²) >= 11 is 0. The van der Waals surface area contributed by atoms with Crippen LogP contribution < -0.4 is 4.74 Å². The van der Waals surface area contributed by atoms with Crippen molar-refractivity contribution in [3.8, 4) is 5.75 Å². The Balaban J connectivity index is 1.96. The monoisotopic (exact) mass is 425 g/mol. The van der Waals surface area contributed by atoms with Gasteiger partial charge in [0.15, 0.2) is 11.6 Å².